The minimum absolute atomic E-state index is 0.0121. The summed E-state index contributed by atoms with van der Waals surface area (Å²) in [6.45, 7) is 3.12. The van der Waals surface area contributed by atoms with Gasteiger partial charge in [-0.15, -0.1) is 0 Å². The number of nitro groups is 1. The molecule has 2 aliphatic rings. The van der Waals surface area contributed by atoms with Gasteiger partial charge in [-0.1, -0.05) is 0 Å². The van der Waals surface area contributed by atoms with Crippen LogP contribution in [0.1, 0.15) is 25.7 Å². The average molecular weight is 350 g/mol. The number of nitrogens with zero attached hydrogens (tertiary/aromatic N) is 4. The molecule has 138 valence electrons. The first-order chi connectivity index (χ1) is 12.1. The van der Waals surface area contributed by atoms with Crippen molar-refractivity contribution in [1.29, 1.82) is 0 Å². The quantitative estimate of drug-likeness (QED) is 0.611. The van der Waals surface area contributed by atoms with Crippen LogP contribution < -0.4 is 9.80 Å². The molecule has 0 saturated carbocycles. The molecule has 0 spiro atoms. The van der Waals surface area contributed by atoms with E-state index in [1.54, 1.807) is 6.07 Å². The predicted octanol–water partition coefficient (Wildman–Crippen LogP) is 1.41. The maximum Gasteiger partial charge on any atom is 0.311 e. The highest BCUT2D eigenvalue weighted by atomic mass is 16.6. The Morgan fingerprint density at radius 3 is 2.28 bits per heavy atom. The molecule has 3 heterocycles. The second-order valence-corrected chi connectivity index (χ2v) is 7.04. The van der Waals surface area contributed by atoms with Crippen molar-refractivity contribution < 1.29 is 15.1 Å². The number of hydrogen-bond donors (Lipinski definition) is 2. The normalized spacial score (nSPS) is 24.4. The molecule has 0 aliphatic carbocycles. The number of rotatable bonds is 5. The Morgan fingerprint density at radius 2 is 1.68 bits per heavy atom. The second-order valence-electron chi connectivity index (χ2n) is 7.04. The number of pyridine rings is 1. The first kappa shape index (κ1) is 17.9. The van der Waals surface area contributed by atoms with E-state index < -0.39 is 0 Å². The summed E-state index contributed by atoms with van der Waals surface area (Å²) in [5.41, 5.74) is 0.0121. The summed E-state index contributed by atoms with van der Waals surface area (Å²) in [5.74, 6) is 1.48. The zero-order valence-electron chi connectivity index (χ0n) is 14.4. The van der Waals surface area contributed by atoms with Gasteiger partial charge in [0.15, 0.2) is 0 Å². The van der Waals surface area contributed by atoms with Crippen LogP contribution in [0.2, 0.25) is 0 Å². The molecule has 3 rings (SSSR count). The first-order valence-electron chi connectivity index (χ1n) is 8.99. The standard InChI is InChI=1S/C17H26N4O4/c22-11-13-3-1-7-19(9-13)16-6-5-15(21(24)25)17(18-16)20-8-2-4-14(10-20)12-23/h5-6,13-14,22-23H,1-4,7-12H2/t13-,14+/m1/s1. The molecule has 0 bridgehead atoms. The monoisotopic (exact) mass is 350 g/mol. The Bertz CT molecular complexity index is 612. The zero-order valence-corrected chi connectivity index (χ0v) is 14.4. The number of aliphatic hydroxyl groups excluding tert-OH is 2. The molecule has 1 aromatic heterocycles. The molecule has 2 N–H and O–H groups in total. The number of piperidine rings is 2. The van der Waals surface area contributed by atoms with Crippen LogP contribution in [-0.2, 0) is 0 Å². The molecule has 8 heteroatoms. The van der Waals surface area contributed by atoms with Gasteiger partial charge in [-0.2, -0.15) is 0 Å². The Kier molecular flexibility index (Phi) is 5.70. The molecule has 25 heavy (non-hydrogen) atoms. The van der Waals surface area contributed by atoms with Gasteiger partial charge in [0.05, 0.1) is 4.92 Å². The fraction of sp³-hybridized carbons (Fsp3) is 0.706. The summed E-state index contributed by atoms with van der Waals surface area (Å²) in [4.78, 5) is 19.7. The lowest BCUT2D eigenvalue weighted by atomic mass is 9.98. The molecule has 0 unspecified atom stereocenters. The van der Waals surface area contributed by atoms with Crippen LogP contribution in [0.25, 0.3) is 0 Å². The van der Waals surface area contributed by atoms with E-state index in [9.17, 15) is 20.3 Å². The van der Waals surface area contributed by atoms with Crippen molar-refractivity contribution in [3.8, 4) is 0 Å². The molecule has 2 atom stereocenters. The molecular formula is C17H26N4O4. The highest BCUT2D eigenvalue weighted by Crippen LogP contribution is 2.33. The maximum atomic E-state index is 11.4. The summed E-state index contributed by atoms with van der Waals surface area (Å²) in [6, 6.07) is 3.23. The summed E-state index contributed by atoms with van der Waals surface area (Å²) in [6.07, 6.45) is 3.81. The van der Waals surface area contributed by atoms with Crippen molar-refractivity contribution in [3.05, 3.63) is 22.2 Å². The molecule has 2 saturated heterocycles. The van der Waals surface area contributed by atoms with E-state index in [0.29, 0.717) is 18.9 Å². The highest BCUT2D eigenvalue weighted by molar-refractivity contribution is 5.62. The second kappa shape index (κ2) is 7.97. The molecule has 8 nitrogen and oxygen atoms in total. The lowest BCUT2D eigenvalue weighted by Gasteiger charge is -2.35. The molecule has 0 amide bonds. The summed E-state index contributed by atoms with van der Waals surface area (Å²) < 4.78 is 0. The SMILES string of the molecule is O=[N+]([O-])c1ccc(N2CCC[C@@H](CO)C2)nc1N1CCC[C@H](CO)C1. The minimum atomic E-state index is -0.387. The lowest BCUT2D eigenvalue weighted by molar-refractivity contribution is -0.384. The van der Waals surface area contributed by atoms with E-state index in [1.807, 2.05) is 4.90 Å². The fourth-order valence-corrected chi connectivity index (χ4v) is 3.81. The van der Waals surface area contributed by atoms with Crippen LogP contribution in [0, 0.1) is 22.0 Å². The van der Waals surface area contributed by atoms with Crippen LogP contribution in [0.3, 0.4) is 0 Å². The number of aliphatic hydroxyl groups is 2. The van der Waals surface area contributed by atoms with Crippen LogP contribution >= 0.6 is 0 Å². The van der Waals surface area contributed by atoms with Gasteiger partial charge in [0.25, 0.3) is 0 Å². The van der Waals surface area contributed by atoms with Crippen molar-refractivity contribution >= 4 is 17.3 Å². The Labute approximate surface area is 147 Å². The molecular weight excluding hydrogens is 324 g/mol. The molecule has 2 fully saturated rings. The van der Waals surface area contributed by atoms with Gasteiger partial charge in [0.1, 0.15) is 5.82 Å². The number of anilines is 2. The zero-order chi connectivity index (χ0) is 17.8. The van der Waals surface area contributed by atoms with E-state index in [1.165, 1.54) is 6.07 Å². The largest absolute Gasteiger partial charge is 0.396 e. The summed E-state index contributed by atoms with van der Waals surface area (Å²) in [5, 5.41) is 30.3. The lowest BCUT2D eigenvalue weighted by Crippen LogP contribution is -2.39. The molecule has 0 radical (unpaired) electrons. The van der Waals surface area contributed by atoms with Crippen molar-refractivity contribution in [2.75, 3.05) is 49.2 Å². The third-order valence-electron chi connectivity index (χ3n) is 5.21. The number of aromatic nitrogens is 1. The number of hydrogen-bond acceptors (Lipinski definition) is 7. The maximum absolute atomic E-state index is 11.4. The van der Waals surface area contributed by atoms with Crippen LogP contribution in [0.15, 0.2) is 12.1 Å². The van der Waals surface area contributed by atoms with Gasteiger partial charge >= 0.3 is 5.69 Å². The van der Waals surface area contributed by atoms with Gasteiger partial charge in [0.2, 0.25) is 5.82 Å². The first-order valence-corrected chi connectivity index (χ1v) is 8.99. The van der Waals surface area contributed by atoms with Crippen LogP contribution in [0.5, 0.6) is 0 Å². The summed E-state index contributed by atoms with van der Waals surface area (Å²) in [7, 11) is 0. The smallest absolute Gasteiger partial charge is 0.311 e. The van der Waals surface area contributed by atoms with E-state index in [4.69, 9.17) is 0 Å². The molecule has 0 aromatic carbocycles. The predicted molar refractivity (Wildman–Crippen MR) is 94.9 cm³/mol. The van der Waals surface area contributed by atoms with Crippen molar-refractivity contribution in [1.82, 2.24) is 4.98 Å². The van der Waals surface area contributed by atoms with Crippen LogP contribution in [0.4, 0.5) is 17.3 Å². The van der Waals surface area contributed by atoms with Gasteiger partial charge in [-0.05, 0) is 43.6 Å². The van der Waals surface area contributed by atoms with Crippen LogP contribution in [-0.4, -0.2) is 59.5 Å². The van der Waals surface area contributed by atoms with E-state index in [2.05, 4.69) is 9.88 Å². The van der Waals surface area contributed by atoms with E-state index in [0.717, 1.165) is 44.6 Å². The van der Waals surface area contributed by atoms with E-state index >= 15 is 0 Å². The van der Waals surface area contributed by atoms with E-state index in [-0.39, 0.29) is 35.7 Å². The topological polar surface area (TPSA) is 103 Å². The van der Waals surface area contributed by atoms with Crippen molar-refractivity contribution in [2.24, 2.45) is 11.8 Å². The average Bonchev–Trinajstić information content (AvgIpc) is 2.67. The minimum Gasteiger partial charge on any atom is -0.396 e. The summed E-state index contributed by atoms with van der Waals surface area (Å²) >= 11 is 0. The van der Waals surface area contributed by atoms with Gasteiger partial charge in [-0.3, -0.25) is 10.1 Å². The fourth-order valence-electron chi connectivity index (χ4n) is 3.81. The molecule has 2 aliphatic heterocycles. The third-order valence-corrected chi connectivity index (χ3v) is 5.21. The Balaban J connectivity index is 1.88. The van der Waals surface area contributed by atoms with Gasteiger partial charge < -0.3 is 20.0 Å². The van der Waals surface area contributed by atoms with Gasteiger partial charge in [-0.25, -0.2) is 4.98 Å². The Morgan fingerprint density at radius 1 is 1.08 bits per heavy atom. The van der Waals surface area contributed by atoms with Crippen molar-refractivity contribution in [3.63, 3.8) is 0 Å². The third kappa shape index (κ3) is 4.01. The highest BCUT2D eigenvalue weighted by Gasteiger charge is 2.28. The van der Waals surface area contributed by atoms with Gasteiger partial charge in [0, 0.05) is 45.5 Å². The van der Waals surface area contributed by atoms with Crippen molar-refractivity contribution in [2.45, 2.75) is 25.7 Å². The molecule has 1 aromatic rings. The Hall–Kier alpha value is -1.93.